The fourth-order valence-corrected chi connectivity index (χ4v) is 2.59. The number of nitro benzene ring substituents is 1. The number of rotatable bonds is 8. The highest BCUT2D eigenvalue weighted by atomic mass is 32.2. The molecule has 0 saturated heterocycles. The quantitative estimate of drug-likeness (QED) is 0.337. The second kappa shape index (κ2) is 8.48. The topological polar surface area (TPSA) is 105 Å². The Bertz CT molecular complexity index is 509. The minimum atomic E-state index is -0.637. The van der Waals surface area contributed by atoms with Gasteiger partial charge in [-0.05, 0) is 23.8 Å². The van der Waals surface area contributed by atoms with Gasteiger partial charge in [0.05, 0.1) is 25.2 Å². The summed E-state index contributed by atoms with van der Waals surface area (Å²) in [5, 5.41) is 10.8. The van der Waals surface area contributed by atoms with E-state index in [1.54, 1.807) is 6.07 Å². The summed E-state index contributed by atoms with van der Waals surface area (Å²) < 4.78 is 9.58. The zero-order valence-corrected chi connectivity index (χ0v) is 12.7. The SMILES string of the molecule is COC(=O)C(N)CCSCc1cc(OC)cc([N+](=O)[O-])c1. The average Bonchev–Trinajstić information content (AvgIpc) is 2.49. The van der Waals surface area contributed by atoms with Gasteiger partial charge in [0.1, 0.15) is 11.8 Å². The van der Waals surface area contributed by atoms with Gasteiger partial charge in [0.2, 0.25) is 0 Å². The lowest BCUT2D eigenvalue weighted by atomic mass is 10.2. The van der Waals surface area contributed by atoms with Gasteiger partial charge in [0.15, 0.2) is 0 Å². The predicted octanol–water partition coefficient (Wildman–Crippen LogP) is 1.73. The lowest BCUT2D eigenvalue weighted by Crippen LogP contribution is -2.31. The average molecular weight is 314 g/mol. The van der Waals surface area contributed by atoms with E-state index in [0.717, 1.165) is 5.56 Å². The molecule has 1 unspecified atom stereocenters. The van der Waals surface area contributed by atoms with E-state index in [9.17, 15) is 14.9 Å². The van der Waals surface area contributed by atoms with E-state index in [0.29, 0.717) is 23.7 Å². The third-order valence-corrected chi connectivity index (χ3v) is 3.81. The van der Waals surface area contributed by atoms with Crippen LogP contribution in [-0.4, -0.2) is 36.9 Å². The molecule has 21 heavy (non-hydrogen) atoms. The second-order valence-corrected chi connectivity index (χ2v) is 5.37. The van der Waals surface area contributed by atoms with Crippen LogP contribution in [0.3, 0.4) is 0 Å². The van der Waals surface area contributed by atoms with Crippen LogP contribution in [0.1, 0.15) is 12.0 Å². The summed E-state index contributed by atoms with van der Waals surface area (Å²) in [7, 11) is 2.76. The van der Waals surface area contributed by atoms with Crippen molar-refractivity contribution < 1.29 is 19.2 Å². The number of non-ortho nitro benzene ring substituents is 1. The number of hydrogen-bond acceptors (Lipinski definition) is 7. The molecule has 1 atom stereocenters. The molecule has 116 valence electrons. The fraction of sp³-hybridized carbons (Fsp3) is 0.462. The number of hydrogen-bond donors (Lipinski definition) is 1. The predicted molar refractivity (Wildman–Crippen MR) is 80.4 cm³/mol. The van der Waals surface area contributed by atoms with Crippen LogP contribution < -0.4 is 10.5 Å². The summed E-state index contributed by atoms with van der Waals surface area (Å²) >= 11 is 1.54. The summed E-state index contributed by atoms with van der Waals surface area (Å²) in [5.74, 6) is 1.24. The third-order valence-electron chi connectivity index (χ3n) is 2.74. The molecule has 1 aromatic rings. The molecule has 0 radical (unpaired) electrons. The molecular weight excluding hydrogens is 296 g/mol. The highest BCUT2D eigenvalue weighted by Crippen LogP contribution is 2.25. The number of carbonyl (C=O) groups excluding carboxylic acids is 1. The number of ether oxygens (including phenoxy) is 2. The smallest absolute Gasteiger partial charge is 0.322 e. The molecule has 0 spiro atoms. The Morgan fingerprint density at radius 3 is 2.71 bits per heavy atom. The van der Waals surface area contributed by atoms with Crippen LogP contribution in [0.5, 0.6) is 5.75 Å². The Hall–Kier alpha value is -1.80. The van der Waals surface area contributed by atoms with E-state index in [1.807, 2.05) is 0 Å². The number of methoxy groups -OCH3 is 2. The van der Waals surface area contributed by atoms with E-state index >= 15 is 0 Å². The van der Waals surface area contributed by atoms with Gasteiger partial charge in [-0.15, -0.1) is 0 Å². The maximum absolute atomic E-state index is 11.1. The minimum Gasteiger partial charge on any atom is -0.496 e. The summed E-state index contributed by atoms with van der Waals surface area (Å²) in [6.07, 6.45) is 0.489. The summed E-state index contributed by atoms with van der Waals surface area (Å²) in [5.41, 5.74) is 6.41. The van der Waals surface area contributed by atoms with Crippen molar-refractivity contribution in [2.45, 2.75) is 18.2 Å². The van der Waals surface area contributed by atoms with Crippen molar-refractivity contribution in [2.75, 3.05) is 20.0 Å². The van der Waals surface area contributed by atoms with Crippen molar-refractivity contribution in [3.63, 3.8) is 0 Å². The molecule has 0 aromatic heterocycles. The van der Waals surface area contributed by atoms with E-state index in [2.05, 4.69) is 4.74 Å². The number of esters is 1. The third kappa shape index (κ3) is 5.60. The van der Waals surface area contributed by atoms with Gasteiger partial charge in [-0.3, -0.25) is 14.9 Å². The van der Waals surface area contributed by atoms with Crippen molar-refractivity contribution >= 4 is 23.4 Å². The number of benzene rings is 1. The van der Waals surface area contributed by atoms with Gasteiger partial charge >= 0.3 is 5.97 Å². The molecule has 2 N–H and O–H groups in total. The van der Waals surface area contributed by atoms with Gasteiger partial charge in [-0.25, -0.2) is 0 Å². The van der Waals surface area contributed by atoms with Crippen LogP contribution in [0, 0.1) is 10.1 Å². The minimum absolute atomic E-state index is 0.00351. The van der Waals surface area contributed by atoms with Gasteiger partial charge in [0.25, 0.3) is 5.69 Å². The zero-order valence-electron chi connectivity index (χ0n) is 11.9. The van der Waals surface area contributed by atoms with Gasteiger partial charge < -0.3 is 15.2 Å². The molecule has 7 nitrogen and oxygen atoms in total. The van der Waals surface area contributed by atoms with Crippen molar-refractivity contribution in [3.05, 3.63) is 33.9 Å². The van der Waals surface area contributed by atoms with E-state index in [4.69, 9.17) is 10.5 Å². The van der Waals surface area contributed by atoms with Gasteiger partial charge in [-0.2, -0.15) is 11.8 Å². The van der Waals surface area contributed by atoms with Crippen LogP contribution in [0.2, 0.25) is 0 Å². The van der Waals surface area contributed by atoms with E-state index in [1.165, 1.54) is 38.1 Å². The Balaban J connectivity index is 2.53. The summed E-state index contributed by atoms with van der Waals surface area (Å²) in [6, 6.07) is 4.00. The van der Waals surface area contributed by atoms with Crippen molar-refractivity contribution in [2.24, 2.45) is 5.73 Å². The van der Waals surface area contributed by atoms with E-state index < -0.39 is 16.9 Å². The molecule has 0 saturated carbocycles. The molecule has 0 aliphatic carbocycles. The standard InChI is InChI=1S/C13H18N2O5S/c1-19-11-6-9(5-10(7-11)15(17)18)8-21-4-3-12(14)13(16)20-2/h5-7,12H,3-4,8,14H2,1-2H3. The van der Waals surface area contributed by atoms with Crippen LogP contribution in [-0.2, 0) is 15.3 Å². The Morgan fingerprint density at radius 1 is 1.43 bits per heavy atom. The molecule has 0 heterocycles. The number of carbonyl (C=O) groups is 1. The van der Waals surface area contributed by atoms with E-state index in [-0.39, 0.29) is 5.69 Å². The molecule has 0 amide bonds. The van der Waals surface area contributed by atoms with Crippen LogP contribution in [0.25, 0.3) is 0 Å². The molecule has 0 fully saturated rings. The number of nitro groups is 1. The first-order chi connectivity index (χ1) is 9.97. The zero-order chi connectivity index (χ0) is 15.8. The highest BCUT2D eigenvalue weighted by Gasteiger charge is 2.13. The monoisotopic (exact) mass is 314 g/mol. The Kier molecular flexibility index (Phi) is 6.97. The normalized spacial score (nSPS) is 11.8. The van der Waals surface area contributed by atoms with Crippen LogP contribution in [0.15, 0.2) is 18.2 Å². The first-order valence-electron chi connectivity index (χ1n) is 6.21. The maximum Gasteiger partial charge on any atom is 0.322 e. The number of nitrogens with two attached hydrogens (primary N) is 1. The number of nitrogens with zero attached hydrogens (tertiary/aromatic N) is 1. The van der Waals surface area contributed by atoms with Crippen molar-refractivity contribution in [1.82, 2.24) is 0 Å². The Labute approximate surface area is 126 Å². The number of thioether (sulfide) groups is 1. The molecule has 8 heteroatoms. The molecule has 0 aliphatic rings. The summed E-state index contributed by atoms with van der Waals surface area (Å²) in [4.78, 5) is 21.5. The summed E-state index contributed by atoms with van der Waals surface area (Å²) in [6.45, 7) is 0. The van der Waals surface area contributed by atoms with Crippen molar-refractivity contribution in [1.29, 1.82) is 0 Å². The van der Waals surface area contributed by atoms with Crippen molar-refractivity contribution in [3.8, 4) is 5.75 Å². The van der Waals surface area contributed by atoms with Gasteiger partial charge in [0, 0.05) is 11.8 Å². The molecule has 1 rings (SSSR count). The maximum atomic E-state index is 11.1. The highest BCUT2D eigenvalue weighted by molar-refractivity contribution is 7.98. The lowest BCUT2D eigenvalue weighted by molar-refractivity contribution is -0.385. The van der Waals surface area contributed by atoms with Gasteiger partial charge in [-0.1, -0.05) is 0 Å². The molecule has 0 aliphatic heterocycles. The van der Waals surface area contributed by atoms with Crippen LogP contribution >= 0.6 is 11.8 Å². The fourth-order valence-electron chi connectivity index (χ4n) is 1.62. The first kappa shape index (κ1) is 17.3. The molecular formula is C13H18N2O5S. The largest absolute Gasteiger partial charge is 0.496 e. The Morgan fingerprint density at radius 2 is 2.14 bits per heavy atom. The first-order valence-corrected chi connectivity index (χ1v) is 7.37. The lowest BCUT2D eigenvalue weighted by Gasteiger charge is -2.09. The van der Waals surface area contributed by atoms with Crippen LogP contribution in [0.4, 0.5) is 5.69 Å². The second-order valence-electron chi connectivity index (χ2n) is 4.27. The molecule has 0 bridgehead atoms. The molecule has 1 aromatic carbocycles.